The number of carbonyl (C=O) groups excluding carboxylic acids is 3. The molecule has 1 heterocycles. The van der Waals surface area contributed by atoms with Gasteiger partial charge in [-0.15, -0.1) is 0 Å². The van der Waals surface area contributed by atoms with Crippen LogP contribution in [0, 0.1) is 11.3 Å². The summed E-state index contributed by atoms with van der Waals surface area (Å²) in [7, 11) is 0. The van der Waals surface area contributed by atoms with Crippen molar-refractivity contribution >= 4 is 17.9 Å². The molecule has 0 fully saturated rings. The normalized spacial score (nSPS) is 15.2. The fourth-order valence-corrected chi connectivity index (χ4v) is 5.08. The van der Waals surface area contributed by atoms with E-state index in [2.05, 4.69) is 16.7 Å². The Morgan fingerprint density at radius 2 is 1.60 bits per heavy atom. The topological polar surface area (TPSA) is 112 Å². The van der Waals surface area contributed by atoms with Gasteiger partial charge in [0.1, 0.15) is 11.6 Å². The molecule has 8 nitrogen and oxygen atoms in total. The molecule has 1 atom stereocenters. The van der Waals surface area contributed by atoms with E-state index >= 15 is 0 Å². The van der Waals surface area contributed by atoms with E-state index in [9.17, 15) is 19.6 Å². The van der Waals surface area contributed by atoms with Gasteiger partial charge in [-0.2, -0.15) is 5.26 Å². The maximum atomic E-state index is 13.8. The highest BCUT2D eigenvalue weighted by atomic mass is 16.6. The molecular weight excluding hydrogens is 528 g/mol. The molecule has 0 saturated carbocycles. The standard InChI is InChI=1S/C34H38N4O4/c1-33(2,3)42-32(41)37-34(4,5)19-30(39)36-29-18-25-10-6-7-12-27(25)22-38(31(29)40)21-23-14-16-24(17-15-23)28-13-9-8-11-26(28)20-35/h6-17,29H,18-19,21-22H2,1-5H3,(H,36,39)(H,37,41). The summed E-state index contributed by atoms with van der Waals surface area (Å²) in [5, 5.41) is 15.2. The Balaban J connectivity index is 1.49. The van der Waals surface area contributed by atoms with Gasteiger partial charge in [0.15, 0.2) is 0 Å². The fourth-order valence-electron chi connectivity index (χ4n) is 5.08. The molecule has 8 heteroatoms. The molecule has 0 spiro atoms. The summed E-state index contributed by atoms with van der Waals surface area (Å²) >= 11 is 0. The summed E-state index contributed by atoms with van der Waals surface area (Å²) in [6.45, 7) is 9.59. The highest BCUT2D eigenvalue weighted by Crippen LogP contribution is 2.26. The average molecular weight is 567 g/mol. The first kappa shape index (κ1) is 30.3. The Morgan fingerprint density at radius 1 is 0.952 bits per heavy atom. The van der Waals surface area contributed by atoms with Crippen LogP contribution in [0.3, 0.4) is 0 Å². The van der Waals surface area contributed by atoms with Crippen LogP contribution in [-0.4, -0.2) is 40.0 Å². The third kappa shape index (κ3) is 7.97. The van der Waals surface area contributed by atoms with Crippen LogP contribution in [0.25, 0.3) is 11.1 Å². The van der Waals surface area contributed by atoms with Crippen LogP contribution in [0.5, 0.6) is 0 Å². The number of ether oxygens (including phenoxy) is 1. The highest BCUT2D eigenvalue weighted by molar-refractivity contribution is 5.89. The van der Waals surface area contributed by atoms with E-state index in [4.69, 9.17) is 4.74 Å². The molecule has 1 aliphatic rings. The second kappa shape index (κ2) is 12.5. The zero-order valence-electron chi connectivity index (χ0n) is 24.9. The van der Waals surface area contributed by atoms with E-state index < -0.39 is 23.3 Å². The van der Waals surface area contributed by atoms with Gasteiger partial charge >= 0.3 is 6.09 Å². The number of benzene rings is 3. The van der Waals surface area contributed by atoms with Crippen LogP contribution in [-0.2, 0) is 33.8 Å². The van der Waals surface area contributed by atoms with Crippen LogP contribution >= 0.6 is 0 Å². The van der Waals surface area contributed by atoms with Gasteiger partial charge in [-0.25, -0.2) is 4.79 Å². The first-order chi connectivity index (χ1) is 19.8. The molecular formula is C34H38N4O4. The summed E-state index contributed by atoms with van der Waals surface area (Å²) in [6.07, 6.45) is -0.252. The fraction of sp³-hybridized carbons (Fsp3) is 0.353. The molecule has 0 aliphatic carbocycles. The highest BCUT2D eigenvalue weighted by Gasteiger charge is 2.33. The lowest BCUT2D eigenvalue weighted by Gasteiger charge is -2.29. The molecule has 1 aliphatic heterocycles. The van der Waals surface area contributed by atoms with Crippen molar-refractivity contribution in [2.75, 3.05) is 0 Å². The molecule has 42 heavy (non-hydrogen) atoms. The van der Waals surface area contributed by atoms with Crippen LogP contribution in [0.15, 0.2) is 72.8 Å². The number of fused-ring (bicyclic) bond motifs is 1. The molecule has 0 aromatic heterocycles. The van der Waals surface area contributed by atoms with E-state index in [-0.39, 0.29) is 18.2 Å². The molecule has 3 aromatic carbocycles. The third-order valence-electron chi connectivity index (χ3n) is 6.98. The minimum absolute atomic E-state index is 0.0245. The molecule has 0 saturated heterocycles. The van der Waals surface area contributed by atoms with E-state index in [1.807, 2.05) is 66.7 Å². The first-order valence-electron chi connectivity index (χ1n) is 14.1. The smallest absolute Gasteiger partial charge is 0.408 e. The van der Waals surface area contributed by atoms with Crippen molar-refractivity contribution in [1.29, 1.82) is 5.26 Å². The van der Waals surface area contributed by atoms with Crippen molar-refractivity contribution < 1.29 is 19.1 Å². The van der Waals surface area contributed by atoms with Gasteiger partial charge in [0, 0.05) is 31.5 Å². The minimum atomic E-state index is -0.885. The molecule has 3 amide bonds. The first-order valence-corrected chi connectivity index (χ1v) is 14.1. The Morgan fingerprint density at radius 3 is 2.26 bits per heavy atom. The number of nitriles is 1. The van der Waals surface area contributed by atoms with Gasteiger partial charge in [-0.05, 0) is 68.5 Å². The number of hydrogen-bond acceptors (Lipinski definition) is 5. The lowest BCUT2D eigenvalue weighted by Crippen LogP contribution is -2.52. The molecule has 3 aromatic rings. The second-order valence-corrected chi connectivity index (χ2v) is 12.3. The average Bonchev–Trinajstić information content (AvgIpc) is 3.03. The SMILES string of the molecule is CC(C)(CC(=O)NC1Cc2ccccc2CN(Cc2ccc(-c3ccccc3C#N)cc2)C1=O)NC(=O)OC(C)(C)C. The van der Waals surface area contributed by atoms with Crippen molar-refractivity contribution in [3.8, 4) is 17.2 Å². The van der Waals surface area contributed by atoms with E-state index in [1.54, 1.807) is 45.6 Å². The number of carbonyl (C=O) groups is 3. The minimum Gasteiger partial charge on any atom is -0.444 e. The summed E-state index contributed by atoms with van der Waals surface area (Å²) in [6, 6.07) is 24.7. The van der Waals surface area contributed by atoms with Crippen LogP contribution in [0.2, 0.25) is 0 Å². The van der Waals surface area contributed by atoms with E-state index in [0.717, 1.165) is 27.8 Å². The van der Waals surface area contributed by atoms with Gasteiger partial charge in [-0.3, -0.25) is 9.59 Å². The molecule has 0 bridgehead atoms. The number of rotatable bonds is 7. The number of hydrogen-bond donors (Lipinski definition) is 2. The van der Waals surface area contributed by atoms with Gasteiger partial charge in [0.05, 0.1) is 11.6 Å². The number of nitrogens with zero attached hydrogens (tertiary/aromatic N) is 2. The lowest BCUT2D eigenvalue weighted by atomic mass is 9.98. The number of nitrogens with one attached hydrogen (secondary N) is 2. The zero-order chi connectivity index (χ0) is 30.5. The van der Waals surface area contributed by atoms with Crippen LogP contribution in [0.4, 0.5) is 4.79 Å². The maximum Gasteiger partial charge on any atom is 0.408 e. The number of amides is 3. The summed E-state index contributed by atoms with van der Waals surface area (Å²) in [5.41, 5.74) is 3.83. The molecule has 1 unspecified atom stereocenters. The van der Waals surface area contributed by atoms with Crippen molar-refractivity contribution in [2.24, 2.45) is 0 Å². The second-order valence-electron chi connectivity index (χ2n) is 12.3. The molecule has 0 radical (unpaired) electrons. The van der Waals surface area contributed by atoms with Gasteiger partial charge in [0.2, 0.25) is 11.8 Å². The van der Waals surface area contributed by atoms with Crippen molar-refractivity contribution in [2.45, 2.75) is 77.7 Å². The number of alkyl carbamates (subject to hydrolysis) is 1. The van der Waals surface area contributed by atoms with Crippen molar-refractivity contribution in [1.82, 2.24) is 15.5 Å². The summed E-state index contributed by atoms with van der Waals surface area (Å²) in [5.74, 6) is -0.509. The van der Waals surface area contributed by atoms with Gasteiger partial charge in [-0.1, -0.05) is 66.7 Å². The molecule has 2 N–H and O–H groups in total. The van der Waals surface area contributed by atoms with Crippen molar-refractivity contribution in [3.05, 3.63) is 95.1 Å². The zero-order valence-corrected chi connectivity index (χ0v) is 24.9. The Bertz CT molecular complexity index is 1500. The maximum absolute atomic E-state index is 13.8. The quantitative estimate of drug-likeness (QED) is 0.393. The predicted octanol–water partition coefficient (Wildman–Crippen LogP) is 5.49. The van der Waals surface area contributed by atoms with E-state index in [0.29, 0.717) is 25.1 Å². The summed E-state index contributed by atoms with van der Waals surface area (Å²) < 4.78 is 5.34. The van der Waals surface area contributed by atoms with E-state index in [1.165, 1.54) is 0 Å². The Hall–Kier alpha value is -4.64. The predicted molar refractivity (Wildman–Crippen MR) is 161 cm³/mol. The molecule has 4 rings (SSSR count). The molecule has 218 valence electrons. The Labute approximate surface area is 247 Å². The van der Waals surface area contributed by atoms with Crippen LogP contribution < -0.4 is 10.6 Å². The Kier molecular flexibility index (Phi) is 9.01. The van der Waals surface area contributed by atoms with Gasteiger partial charge in [0.25, 0.3) is 0 Å². The van der Waals surface area contributed by atoms with Crippen LogP contribution in [0.1, 0.15) is 63.3 Å². The third-order valence-corrected chi connectivity index (χ3v) is 6.98. The van der Waals surface area contributed by atoms with Crippen molar-refractivity contribution in [3.63, 3.8) is 0 Å². The van der Waals surface area contributed by atoms with Gasteiger partial charge < -0.3 is 20.3 Å². The lowest BCUT2D eigenvalue weighted by molar-refractivity contribution is -0.137. The monoisotopic (exact) mass is 566 g/mol. The summed E-state index contributed by atoms with van der Waals surface area (Å²) in [4.78, 5) is 41.0. The largest absolute Gasteiger partial charge is 0.444 e.